The van der Waals surface area contributed by atoms with Crippen molar-refractivity contribution in [2.24, 2.45) is 5.73 Å². The molecule has 3 fully saturated rings. The molecule has 1 aromatic heterocycles. The molecule has 11 nitrogen and oxygen atoms in total. The fraction of sp³-hybridized carbons (Fsp3) is 0.560. The molecule has 3 aliphatic rings. The number of nitrogens with zero attached hydrogens (tertiary/aromatic N) is 5. The fourth-order valence-electron chi connectivity index (χ4n) is 5.48. The molecular formula is C25H34N8O3. The van der Waals surface area contributed by atoms with Gasteiger partial charge in [0.15, 0.2) is 11.5 Å². The molecule has 2 saturated heterocycles. The van der Waals surface area contributed by atoms with Gasteiger partial charge in [-0.05, 0) is 82.2 Å². The molecule has 36 heavy (non-hydrogen) atoms. The van der Waals surface area contributed by atoms with Crippen LogP contribution >= 0.6 is 0 Å². The van der Waals surface area contributed by atoms with E-state index >= 15 is 0 Å². The van der Waals surface area contributed by atoms with E-state index in [1.807, 2.05) is 24.0 Å². The zero-order valence-electron chi connectivity index (χ0n) is 20.6. The van der Waals surface area contributed by atoms with Crippen LogP contribution in [0.5, 0.6) is 0 Å². The van der Waals surface area contributed by atoms with Crippen molar-refractivity contribution in [1.29, 1.82) is 0 Å². The molecule has 1 saturated carbocycles. The Bertz CT molecular complexity index is 1100. The maximum Gasteiger partial charge on any atom is 0.404 e. The fourth-order valence-corrected chi connectivity index (χ4v) is 5.48. The number of hydrogen-bond acceptors (Lipinski definition) is 8. The Labute approximate surface area is 210 Å². The summed E-state index contributed by atoms with van der Waals surface area (Å²) in [5.41, 5.74) is 7.61. The van der Waals surface area contributed by atoms with Crippen LogP contribution < -0.4 is 21.3 Å². The number of carbonyl (C=O) groups is 2. The highest BCUT2D eigenvalue weighted by Crippen LogP contribution is 2.35. The first-order valence-electron chi connectivity index (χ1n) is 12.8. The van der Waals surface area contributed by atoms with Crippen LogP contribution in [0.2, 0.25) is 0 Å². The van der Waals surface area contributed by atoms with Gasteiger partial charge in [0.05, 0.1) is 6.04 Å². The number of anilines is 3. The minimum atomic E-state index is -1.06. The molecule has 5 N–H and O–H groups in total. The van der Waals surface area contributed by atoms with Crippen LogP contribution in [0.4, 0.5) is 22.2 Å². The summed E-state index contributed by atoms with van der Waals surface area (Å²) in [4.78, 5) is 32.3. The first-order valence-corrected chi connectivity index (χ1v) is 12.8. The van der Waals surface area contributed by atoms with Crippen LogP contribution in [0.25, 0.3) is 0 Å². The second-order valence-electron chi connectivity index (χ2n) is 10.1. The van der Waals surface area contributed by atoms with Crippen molar-refractivity contribution >= 4 is 29.5 Å². The summed E-state index contributed by atoms with van der Waals surface area (Å²) >= 11 is 0. The van der Waals surface area contributed by atoms with Gasteiger partial charge in [0.1, 0.15) is 0 Å². The first kappa shape index (κ1) is 24.2. The number of hydrogen-bond donors (Lipinski definition) is 4. The summed E-state index contributed by atoms with van der Waals surface area (Å²) in [7, 11) is 0. The predicted octanol–water partition coefficient (Wildman–Crippen LogP) is 2.68. The smallest absolute Gasteiger partial charge is 0.404 e. The van der Waals surface area contributed by atoms with Gasteiger partial charge >= 0.3 is 6.09 Å². The van der Waals surface area contributed by atoms with E-state index < -0.39 is 12.0 Å². The number of likely N-dealkylation sites (tertiary alicyclic amines) is 1. The summed E-state index contributed by atoms with van der Waals surface area (Å²) in [6, 6.07) is 8.65. The van der Waals surface area contributed by atoms with E-state index in [0.717, 1.165) is 24.6 Å². The Hall–Kier alpha value is -3.47. The van der Waals surface area contributed by atoms with Crippen molar-refractivity contribution < 1.29 is 14.7 Å². The summed E-state index contributed by atoms with van der Waals surface area (Å²) in [5.74, 6) is 0.403. The largest absolute Gasteiger partial charge is 0.465 e. The number of amides is 2. The third kappa shape index (κ3) is 5.35. The summed E-state index contributed by atoms with van der Waals surface area (Å²) < 4.78 is 0. The Morgan fingerprint density at radius 1 is 1.03 bits per heavy atom. The Morgan fingerprint density at radius 3 is 2.39 bits per heavy atom. The van der Waals surface area contributed by atoms with E-state index in [-0.39, 0.29) is 23.6 Å². The van der Waals surface area contributed by atoms with Gasteiger partial charge in [0.2, 0.25) is 5.95 Å². The molecule has 2 amide bonds. The maximum atomic E-state index is 12.0. The monoisotopic (exact) mass is 494 g/mol. The average Bonchev–Trinajstić information content (AvgIpc) is 3.71. The number of rotatable bonds is 7. The van der Waals surface area contributed by atoms with Crippen molar-refractivity contribution in [2.75, 3.05) is 29.9 Å². The molecule has 0 spiro atoms. The average molecular weight is 495 g/mol. The normalized spacial score (nSPS) is 23.3. The molecule has 0 bridgehead atoms. The second kappa shape index (κ2) is 10.3. The van der Waals surface area contributed by atoms with E-state index in [1.54, 1.807) is 0 Å². The third-order valence-corrected chi connectivity index (χ3v) is 7.70. The van der Waals surface area contributed by atoms with Crippen molar-refractivity contribution in [2.45, 2.75) is 69.5 Å². The van der Waals surface area contributed by atoms with E-state index in [9.17, 15) is 9.59 Å². The topological polar surface area (TPSA) is 150 Å². The van der Waals surface area contributed by atoms with Crippen molar-refractivity contribution in [3.05, 3.63) is 35.5 Å². The summed E-state index contributed by atoms with van der Waals surface area (Å²) in [6.07, 6.45) is 5.52. The number of piperidine rings is 2. The molecule has 3 heterocycles. The van der Waals surface area contributed by atoms with Gasteiger partial charge in [-0.3, -0.25) is 4.79 Å². The molecule has 0 radical (unpaired) electrons. The number of primary amides is 1. The highest BCUT2D eigenvalue weighted by molar-refractivity contribution is 5.96. The van der Waals surface area contributed by atoms with Gasteiger partial charge in [0.25, 0.3) is 5.91 Å². The Morgan fingerprint density at radius 2 is 1.75 bits per heavy atom. The summed E-state index contributed by atoms with van der Waals surface area (Å²) in [6.45, 7) is 4.92. The zero-order valence-corrected chi connectivity index (χ0v) is 20.6. The van der Waals surface area contributed by atoms with Gasteiger partial charge in [-0.25, -0.2) is 4.79 Å². The van der Waals surface area contributed by atoms with Gasteiger partial charge in [0, 0.05) is 24.3 Å². The summed E-state index contributed by atoms with van der Waals surface area (Å²) in [5, 5.41) is 23.1. The number of benzene rings is 1. The molecule has 5 rings (SSSR count). The number of carboxylic acid groups (broad SMARTS) is 1. The van der Waals surface area contributed by atoms with Crippen molar-refractivity contribution in [3.8, 4) is 0 Å². The predicted molar refractivity (Wildman–Crippen MR) is 136 cm³/mol. The maximum absolute atomic E-state index is 12.0. The van der Waals surface area contributed by atoms with E-state index in [2.05, 4.69) is 42.8 Å². The van der Waals surface area contributed by atoms with Gasteiger partial charge in [-0.15, -0.1) is 10.2 Å². The van der Waals surface area contributed by atoms with Crippen molar-refractivity contribution in [1.82, 2.24) is 25.4 Å². The Balaban J connectivity index is 1.30. The Kier molecular flexibility index (Phi) is 6.90. The van der Waals surface area contributed by atoms with Crippen LogP contribution in [-0.2, 0) is 0 Å². The van der Waals surface area contributed by atoms with Gasteiger partial charge in [-0.1, -0.05) is 12.1 Å². The number of carbonyl (C=O) groups excluding carboxylic acids is 1. The molecular weight excluding hydrogens is 460 g/mol. The molecule has 2 atom stereocenters. The quantitative estimate of drug-likeness (QED) is 0.455. The molecule has 2 aromatic rings. The first-order chi connectivity index (χ1) is 17.4. The lowest BCUT2D eigenvalue weighted by molar-refractivity contribution is 0.0995. The minimum absolute atomic E-state index is 0.0415. The van der Waals surface area contributed by atoms with Crippen LogP contribution in [0.1, 0.15) is 67.4 Å². The van der Waals surface area contributed by atoms with Crippen molar-refractivity contribution in [3.63, 3.8) is 0 Å². The minimum Gasteiger partial charge on any atom is -0.465 e. The highest BCUT2D eigenvalue weighted by Gasteiger charge is 2.33. The van der Waals surface area contributed by atoms with Crippen LogP contribution in [0.3, 0.4) is 0 Å². The standard InChI is InChI=1S/C25H34N8O3/c1-15-20(28-25(35)36)3-2-12-33(15)24-29-23(21(22(26)34)30-31-24)27-18-6-4-16(5-7-18)17-10-13-32(14-11-17)19-8-9-19/h4-7,15,17,19-20,28H,2-3,8-14H2,1H3,(H2,26,34)(H,35,36)(H,27,29,31)/t15-,20-/m1/s1. The number of nitrogens with one attached hydrogen (secondary N) is 2. The molecule has 2 aliphatic heterocycles. The molecule has 1 aromatic carbocycles. The van der Waals surface area contributed by atoms with E-state index in [1.165, 1.54) is 44.3 Å². The SMILES string of the molecule is C[C@@H]1[C@H](NC(=O)O)CCCN1c1nnc(C(N)=O)c(Nc2ccc(C3CCN(C4CC4)CC3)cc2)n1. The number of aromatic nitrogens is 3. The molecule has 0 unspecified atom stereocenters. The van der Waals surface area contributed by atoms with Gasteiger partial charge < -0.3 is 31.3 Å². The van der Waals surface area contributed by atoms with E-state index in [0.29, 0.717) is 18.4 Å². The second-order valence-corrected chi connectivity index (χ2v) is 10.1. The van der Waals surface area contributed by atoms with Crippen LogP contribution in [-0.4, -0.2) is 74.9 Å². The highest BCUT2D eigenvalue weighted by atomic mass is 16.4. The third-order valence-electron chi connectivity index (χ3n) is 7.70. The number of nitrogens with two attached hydrogens (primary N) is 1. The molecule has 11 heteroatoms. The van der Waals surface area contributed by atoms with E-state index in [4.69, 9.17) is 10.8 Å². The molecule has 1 aliphatic carbocycles. The lowest BCUT2D eigenvalue weighted by Gasteiger charge is -2.39. The van der Waals surface area contributed by atoms with Crippen LogP contribution in [0.15, 0.2) is 24.3 Å². The lowest BCUT2D eigenvalue weighted by Crippen LogP contribution is -2.54. The zero-order chi connectivity index (χ0) is 25.2. The van der Waals surface area contributed by atoms with Crippen LogP contribution in [0, 0.1) is 0 Å². The van der Waals surface area contributed by atoms with Gasteiger partial charge in [-0.2, -0.15) is 4.98 Å². The molecule has 192 valence electrons. The lowest BCUT2D eigenvalue weighted by atomic mass is 9.89.